The lowest BCUT2D eigenvalue weighted by atomic mass is 9.79. The third-order valence-corrected chi connectivity index (χ3v) is 6.26. The standard InChI is InChI=1S/C22H21N7O/c1-3-19(30)29-11-22(12-29)4-5-28(10-22)21-17(8-23)20(24-13-25-21)16-7-18-15(6-14(16)2)9-26-27-18/h3,6-7,9,13H,1,4-5,10-12H2,2H3,(H,26,27). The highest BCUT2D eigenvalue weighted by Gasteiger charge is 2.49. The largest absolute Gasteiger partial charge is 0.355 e. The van der Waals surface area contributed by atoms with E-state index in [1.165, 1.54) is 12.4 Å². The van der Waals surface area contributed by atoms with E-state index in [2.05, 4.69) is 37.7 Å². The van der Waals surface area contributed by atoms with Gasteiger partial charge >= 0.3 is 0 Å². The van der Waals surface area contributed by atoms with Crippen molar-refractivity contribution >= 4 is 22.6 Å². The Hall–Kier alpha value is -3.73. The molecule has 2 aliphatic rings. The number of fused-ring (bicyclic) bond motifs is 1. The van der Waals surface area contributed by atoms with Crippen LogP contribution >= 0.6 is 0 Å². The Morgan fingerprint density at radius 3 is 2.93 bits per heavy atom. The molecular weight excluding hydrogens is 378 g/mol. The molecule has 0 bridgehead atoms. The van der Waals surface area contributed by atoms with Crippen molar-refractivity contribution in [1.82, 2.24) is 25.1 Å². The van der Waals surface area contributed by atoms with Gasteiger partial charge in [-0.1, -0.05) is 6.58 Å². The third-order valence-electron chi connectivity index (χ3n) is 6.26. The number of aromatic nitrogens is 4. The van der Waals surface area contributed by atoms with Crippen molar-refractivity contribution in [2.75, 3.05) is 31.1 Å². The molecule has 0 atom stereocenters. The van der Waals surface area contributed by atoms with Gasteiger partial charge in [0.25, 0.3) is 0 Å². The number of benzene rings is 1. The van der Waals surface area contributed by atoms with Crippen LogP contribution < -0.4 is 4.90 Å². The molecule has 2 aromatic heterocycles. The van der Waals surface area contributed by atoms with Gasteiger partial charge in [0.2, 0.25) is 5.91 Å². The van der Waals surface area contributed by atoms with Gasteiger partial charge in [-0.3, -0.25) is 9.89 Å². The van der Waals surface area contributed by atoms with E-state index in [1.54, 1.807) is 6.20 Å². The molecule has 8 nitrogen and oxygen atoms in total. The lowest BCUT2D eigenvalue weighted by molar-refractivity contribution is -0.136. The minimum Gasteiger partial charge on any atom is -0.355 e. The molecule has 3 aromatic rings. The number of anilines is 1. The molecule has 30 heavy (non-hydrogen) atoms. The maximum atomic E-state index is 11.8. The quantitative estimate of drug-likeness (QED) is 0.679. The predicted molar refractivity (Wildman–Crippen MR) is 113 cm³/mol. The molecule has 1 N–H and O–H groups in total. The van der Waals surface area contributed by atoms with Crippen molar-refractivity contribution in [3.63, 3.8) is 0 Å². The molecule has 0 radical (unpaired) electrons. The number of hydrogen-bond acceptors (Lipinski definition) is 6. The summed E-state index contributed by atoms with van der Waals surface area (Å²) in [7, 11) is 0. The SMILES string of the molecule is C=CC(=O)N1CC2(CCN(c3ncnc(-c4cc5[nH]ncc5cc4C)c3C#N)C2)C1. The number of aryl methyl sites for hydroxylation is 1. The second kappa shape index (κ2) is 6.66. The summed E-state index contributed by atoms with van der Waals surface area (Å²) in [5, 5.41) is 18.1. The summed E-state index contributed by atoms with van der Waals surface area (Å²) in [6, 6.07) is 6.37. The van der Waals surface area contributed by atoms with Gasteiger partial charge in [0.1, 0.15) is 18.0 Å². The number of amides is 1. The summed E-state index contributed by atoms with van der Waals surface area (Å²) in [6.07, 6.45) is 5.65. The lowest BCUT2D eigenvalue weighted by Gasteiger charge is -2.47. The number of nitrogens with zero attached hydrogens (tertiary/aromatic N) is 6. The number of carbonyl (C=O) groups is 1. The van der Waals surface area contributed by atoms with Crippen LogP contribution in [0.2, 0.25) is 0 Å². The molecule has 1 spiro atoms. The Morgan fingerprint density at radius 1 is 1.33 bits per heavy atom. The smallest absolute Gasteiger partial charge is 0.245 e. The summed E-state index contributed by atoms with van der Waals surface area (Å²) >= 11 is 0. The maximum Gasteiger partial charge on any atom is 0.245 e. The van der Waals surface area contributed by atoms with Crippen LogP contribution in [-0.2, 0) is 4.79 Å². The molecule has 1 aromatic carbocycles. The number of carbonyl (C=O) groups excluding carboxylic acids is 1. The fraction of sp³-hybridized carbons (Fsp3) is 0.318. The van der Waals surface area contributed by atoms with Crippen molar-refractivity contribution in [3.8, 4) is 17.3 Å². The first-order chi connectivity index (χ1) is 14.5. The molecule has 4 heterocycles. The van der Waals surface area contributed by atoms with Gasteiger partial charge in [0.15, 0.2) is 5.82 Å². The molecule has 8 heteroatoms. The highest BCUT2D eigenvalue weighted by Crippen LogP contribution is 2.42. The molecule has 2 fully saturated rings. The monoisotopic (exact) mass is 399 g/mol. The Labute approximate surface area is 173 Å². The minimum atomic E-state index is -0.0224. The van der Waals surface area contributed by atoms with E-state index in [0.717, 1.165) is 54.6 Å². The summed E-state index contributed by atoms with van der Waals surface area (Å²) in [4.78, 5) is 24.7. The Morgan fingerprint density at radius 2 is 2.17 bits per heavy atom. The van der Waals surface area contributed by atoms with E-state index in [4.69, 9.17) is 0 Å². The molecule has 2 aliphatic heterocycles. The van der Waals surface area contributed by atoms with Crippen molar-refractivity contribution in [2.24, 2.45) is 5.41 Å². The molecule has 0 unspecified atom stereocenters. The van der Waals surface area contributed by atoms with Crippen LogP contribution in [0.15, 0.2) is 37.3 Å². The van der Waals surface area contributed by atoms with Gasteiger partial charge in [-0.15, -0.1) is 0 Å². The molecule has 5 rings (SSSR count). The van der Waals surface area contributed by atoms with Gasteiger partial charge in [-0.25, -0.2) is 9.97 Å². The fourth-order valence-electron chi connectivity index (χ4n) is 4.71. The summed E-state index contributed by atoms with van der Waals surface area (Å²) in [6.45, 7) is 8.61. The Kier molecular flexibility index (Phi) is 4.07. The van der Waals surface area contributed by atoms with Gasteiger partial charge < -0.3 is 9.80 Å². The van der Waals surface area contributed by atoms with Crippen LogP contribution in [-0.4, -0.2) is 57.2 Å². The number of H-pyrrole nitrogens is 1. The van der Waals surface area contributed by atoms with Crippen LogP contribution in [0.4, 0.5) is 5.82 Å². The number of aromatic amines is 1. The van der Waals surface area contributed by atoms with Gasteiger partial charge in [-0.2, -0.15) is 10.4 Å². The predicted octanol–water partition coefficient (Wildman–Crippen LogP) is 2.42. The number of nitriles is 1. The summed E-state index contributed by atoms with van der Waals surface area (Å²) in [5.74, 6) is 0.641. The lowest BCUT2D eigenvalue weighted by Crippen LogP contribution is -2.59. The average Bonchev–Trinajstić information content (AvgIpc) is 3.37. The van der Waals surface area contributed by atoms with Gasteiger partial charge in [0, 0.05) is 42.5 Å². The third kappa shape index (κ3) is 2.74. The van der Waals surface area contributed by atoms with E-state index < -0.39 is 0 Å². The van der Waals surface area contributed by atoms with Gasteiger partial charge in [-0.05, 0) is 37.1 Å². The highest BCUT2D eigenvalue weighted by atomic mass is 16.2. The average molecular weight is 399 g/mol. The zero-order valence-electron chi connectivity index (χ0n) is 16.7. The fourth-order valence-corrected chi connectivity index (χ4v) is 4.71. The van der Waals surface area contributed by atoms with E-state index in [0.29, 0.717) is 17.1 Å². The first-order valence-electron chi connectivity index (χ1n) is 9.89. The summed E-state index contributed by atoms with van der Waals surface area (Å²) in [5.41, 5.74) is 4.01. The molecule has 1 amide bonds. The van der Waals surface area contributed by atoms with E-state index in [9.17, 15) is 10.1 Å². The van der Waals surface area contributed by atoms with Crippen molar-refractivity contribution < 1.29 is 4.79 Å². The van der Waals surface area contributed by atoms with Crippen LogP contribution in [0.1, 0.15) is 17.5 Å². The first kappa shape index (κ1) is 18.3. The van der Waals surface area contributed by atoms with Gasteiger partial charge in [0.05, 0.1) is 17.4 Å². The van der Waals surface area contributed by atoms with Crippen molar-refractivity contribution in [3.05, 3.63) is 48.4 Å². The summed E-state index contributed by atoms with van der Waals surface area (Å²) < 4.78 is 0. The molecule has 0 aliphatic carbocycles. The molecule has 0 saturated carbocycles. The molecular formula is C22H21N7O. The van der Waals surface area contributed by atoms with Crippen LogP contribution in [0.3, 0.4) is 0 Å². The highest BCUT2D eigenvalue weighted by molar-refractivity contribution is 5.88. The Balaban J connectivity index is 1.48. The normalized spacial score (nSPS) is 17.2. The number of hydrogen-bond donors (Lipinski definition) is 1. The second-order valence-electron chi connectivity index (χ2n) is 8.23. The minimum absolute atomic E-state index is 0.0224. The van der Waals surface area contributed by atoms with E-state index >= 15 is 0 Å². The first-order valence-corrected chi connectivity index (χ1v) is 9.89. The zero-order valence-corrected chi connectivity index (χ0v) is 16.7. The number of nitrogens with one attached hydrogen (secondary N) is 1. The van der Waals surface area contributed by atoms with Crippen LogP contribution in [0.25, 0.3) is 22.2 Å². The number of likely N-dealkylation sites (tertiary alicyclic amines) is 1. The molecule has 150 valence electrons. The topological polar surface area (TPSA) is 102 Å². The molecule has 2 saturated heterocycles. The van der Waals surface area contributed by atoms with E-state index in [-0.39, 0.29) is 11.3 Å². The second-order valence-corrected chi connectivity index (χ2v) is 8.23. The van der Waals surface area contributed by atoms with E-state index in [1.807, 2.05) is 24.0 Å². The maximum absolute atomic E-state index is 11.8. The van der Waals surface area contributed by atoms with Crippen LogP contribution in [0.5, 0.6) is 0 Å². The number of rotatable bonds is 3. The van der Waals surface area contributed by atoms with Crippen LogP contribution in [0, 0.1) is 23.7 Å². The van der Waals surface area contributed by atoms with Crippen molar-refractivity contribution in [2.45, 2.75) is 13.3 Å². The Bertz CT molecular complexity index is 1220. The zero-order chi connectivity index (χ0) is 20.9. The van der Waals surface area contributed by atoms with Crippen molar-refractivity contribution in [1.29, 1.82) is 5.26 Å².